The number of aliphatic imine (C=N–C) groups is 1. The Kier molecular flexibility index (Phi) is 10.4. The van der Waals surface area contributed by atoms with Crippen molar-refractivity contribution in [3.63, 3.8) is 0 Å². The van der Waals surface area contributed by atoms with Crippen LogP contribution in [0.25, 0.3) is 17.8 Å². The third kappa shape index (κ3) is 7.85. The van der Waals surface area contributed by atoms with E-state index in [1.54, 1.807) is 12.4 Å². The molecule has 3 unspecified atom stereocenters. The Balaban J connectivity index is 1.64. The molecule has 2 aliphatic rings. The fraction of sp³-hybridized carbons (Fsp3) is 0.452. The lowest BCUT2D eigenvalue weighted by Gasteiger charge is -2.38. The van der Waals surface area contributed by atoms with E-state index in [1.807, 2.05) is 38.1 Å². The topological polar surface area (TPSA) is 119 Å². The van der Waals surface area contributed by atoms with E-state index >= 15 is 0 Å². The van der Waals surface area contributed by atoms with Crippen LogP contribution in [0.15, 0.2) is 70.7 Å². The minimum atomic E-state index is -0.679. The first-order chi connectivity index (χ1) is 18.2. The van der Waals surface area contributed by atoms with Crippen LogP contribution in [0.3, 0.4) is 0 Å². The van der Waals surface area contributed by atoms with Crippen LogP contribution >= 0.6 is 0 Å². The van der Waals surface area contributed by atoms with Gasteiger partial charge in [0.25, 0.3) is 0 Å². The molecular weight excluding hydrogens is 472 g/mol. The molecule has 7 heteroatoms. The van der Waals surface area contributed by atoms with Gasteiger partial charge < -0.3 is 21.5 Å². The Morgan fingerprint density at radius 2 is 2.05 bits per heavy atom. The maximum absolute atomic E-state index is 10.6. The molecule has 38 heavy (non-hydrogen) atoms. The molecule has 7 nitrogen and oxygen atoms in total. The standard InChI is InChI=1S/C31H44N6O/c1-6-26(36-29(38)11-8-7-9-14-31(5)15-10-16-31)18-28(22(3)32)35-23(4)30(37-33)27-13-12-24(17-21(27)2)25-19-34-20-25/h7-8,12-13,17-20,22,28-29,33,35-36,38H,2,4,6,9-11,14-16,32H2,1,3,5H3/b8-7-,26-18+,30-27-,37-33?. The quantitative estimate of drug-likeness (QED) is 0.133. The zero-order valence-electron chi connectivity index (χ0n) is 23.1. The fourth-order valence-corrected chi connectivity index (χ4v) is 4.75. The maximum Gasteiger partial charge on any atom is 0.127 e. The van der Waals surface area contributed by atoms with Crippen LogP contribution < -0.4 is 26.8 Å². The van der Waals surface area contributed by atoms with Gasteiger partial charge in [0.15, 0.2) is 0 Å². The molecule has 3 atom stereocenters. The largest absolute Gasteiger partial charge is 0.376 e. The summed E-state index contributed by atoms with van der Waals surface area (Å²) in [5.41, 5.74) is 18.5. The van der Waals surface area contributed by atoms with Crippen molar-refractivity contribution >= 4 is 24.1 Å². The summed E-state index contributed by atoms with van der Waals surface area (Å²) < 4.78 is 0. The molecular formula is C31H44N6O. The van der Waals surface area contributed by atoms with Crippen molar-refractivity contribution in [3.05, 3.63) is 76.6 Å². The second-order valence-electron chi connectivity index (χ2n) is 10.8. The molecule has 0 bridgehead atoms. The summed E-state index contributed by atoms with van der Waals surface area (Å²) in [4.78, 5) is 4.01. The molecule has 6 N–H and O–H groups in total. The monoisotopic (exact) mass is 516 g/mol. The van der Waals surface area contributed by atoms with E-state index in [0.29, 0.717) is 29.7 Å². The minimum absolute atomic E-state index is 0.251. The molecule has 0 radical (unpaired) electrons. The van der Waals surface area contributed by atoms with E-state index in [1.165, 1.54) is 25.7 Å². The summed E-state index contributed by atoms with van der Waals surface area (Å²) >= 11 is 0. The Morgan fingerprint density at radius 1 is 1.32 bits per heavy atom. The molecule has 0 spiro atoms. The van der Waals surface area contributed by atoms with Gasteiger partial charge in [-0.1, -0.05) is 57.7 Å². The summed E-state index contributed by atoms with van der Waals surface area (Å²) in [5, 5.41) is 22.3. The average molecular weight is 517 g/mol. The summed E-state index contributed by atoms with van der Waals surface area (Å²) in [6.07, 6.45) is 16.7. The summed E-state index contributed by atoms with van der Waals surface area (Å²) in [5.74, 6) is 0. The maximum atomic E-state index is 10.6. The van der Waals surface area contributed by atoms with Gasteiger partial charge in [0.1, 0.15) is 11.9 Å². The first-order valence-corrected chi connectivity index (χ1v) is 13.6. The molecule has 1 aromatic rings. The Morgan fingerprint density at radius 3 is 2.58 bits per heavy atom. The van der Waals surface area contributed by atoms with Crippen molar-refractivity contribution in [1.82, 2.24) is 10.6 Å². The number of benzene rings is 1. The van der Waals surface area contributed by atoms with E-state index in [0.717, 1.165) is 33.7 Å². The molecule has 1 heterocycles. The first-order valence-electron chi connectivity index (χ1n) is 13.6. The molecule has 1 saturated carbocycles. The van der Waals surface area contributed by atoms with Gasteiger partial charge in [0.05, 0.1) is 11.7 Å². The molecule has 0 aromatic heterocycles. The van der Waals surface area contributed by atoms with Gasteiger partial charge in [-0.25, -0.2) is 5.53 Å². The van der Waals surface area contributed by atoms with Crippen LogP contribution in [-0.4, -0.2) is 29.6 Å². The number of nitrogens with two attached hydrogens (primary N) is 1. The van der Waals surface area contributed by atoms with Crippen LogP contribution in [0.5, 0.6) is 0 Å². The van der Waals surface area contributed by atoms with Crippen LogP contribution in [0, 0.1) is 10.9 Å². The molecule has 1 aliphatic heterocycles. The zero-order valence-corrected chi connectivity index (χ0v) is 23.1. The number of hydrogen-bond donors (Lipinski definition) is 5. The molecule has 1 aliphatic carbocycles. The van der Waals surface area contributed by atoms with Crippen molar-refractivity contribution in [2.45, 2.75) is 84.0 Å². The Hall–Kier alpha value is -3.29. The van der Waals surface area contributed by atoms with Crippen LogP contribution in [0.4, 0.5) is 0 Å². The highest BCUT2D eigenvalue weighted by molar-refractivity contribution is 6.14. The molecule has 1 aromatic carbocycles. The Bertz CT molecular complexity index is 1240. The predicted molar refractivity (Wildman–Crippen MR) is 158 cm³/mol. The van der Waals surface area contributed by atoms with E-state index in [2.05, 4.69) is 53.0 Å². The van der Waals surface area contributed by atoms with E-state index in [9.17, 15) is 5.11 Å². The van der Waals surface area contributed by atoms with Gasteiger partial charge in [-0.15, -0.1) is 0 Å². The minimum Gasteiger partial charge on any atom is -0.376 e. The lowest BCUT2D eigenvalue weighted by atomic mass is 9.68. The van der Waals surface area contributed by atoms with E-state index in [4.69, 9.17) is 11.3 Å². The summed E-state index contributed by atoms with van der Waals surface area (Å²) in [6, 6.07) is 5.29. The molecule has 0 saturated heterocycles. The smallest absolute Gasteiger partial charge is 0.127 e. The SMILES string of the molecule is C=C(NC(/C=C(\CC)NC(O)C/C=C\CCC1(C)CCC1)C(C)N)/C(N=N)=c1\ccc(C2=CN=C2)cc1=C. The van der Waals surface area contributed by atoms with Crippen molar-refractivity contribution < 1.29 is 5.11 Å². The molecule has 0 amide bonds. The number of hydrogen-bond acceptors (Lipinski definition) is 7. The van der Waals surface area contributed by atoms with Crippen molar-refractivity contribution in [2.24, 2.45) is 21.3 Å². The fourth-order valence-electron chi connectivity index (χ4n) is 4.75. The van der Waals surface area contributed by atoms with E-state index in [-0.39, 0.29) is 12.1 Å². The van der Waals surface area contributed by atoms with Crippen LogP contribution in [-0.2, 0) is 0 Å². The number of allylic oxidation sites excluding steroid dienone is 3. The van der Waals surface area contributed by atoms with Gasteiger partial charge in [0, 0.05) is 41.4 Å². The highest BCUT2D eigenvalue weighted by Gasteiger charge is 2.30. The third-order valence-electron chi connectivity index (χ3n) is 7.54. The molecule has 3 rings (SSSR count). The molecule has 204 valence electrons. The van der Waals surface area contributed by atoms with Gasteiger partial charge in [-0.3, -0.25) is 4.99 Å². The van der Waals surface area contributed by atoms with Crippen molar-refractivity contribution in [1.29, 1.82) is 5.53 Å². The first kappa shape index (κ1) is 29.3. The summed E-state index contributed by atoms with van der Waals surface area (Å²) in [6.45, 7) is 14.6. The number of rotatable bonds is 15. The lowest BCUT2D eigenvalue weighted by Crippen LogP contribution is -2.43. The summed E-state index contributed by atoms with van der Waals surface area (Å²) in [7, 11) is 0. The van der Waals surface area contributed by atoms with Crippen molar-refractivity contribution in [3.8, 4) is 0 Å². The predicted octanol–water partition coefficient (Wildman–Crippen LogP) is 4.60. The normalized spacial score (nSPS) is 19.5. The molecule has 1 fully saturated rings. The van der Waals surface area contributed by atoms with Gasteiger partial charge >= 0.3 is 0 Å². The number of aliphatic hydroxyl groups is 1. The number of aliphatic hydroxyl groups excluding tert-OH is 1. The average Bonchev–Trinajstić information content (AvgIpc) is 2.82. The number of nitrogens with zero attached hydrogens (tertiary/aromatic N) is 2. The van der Waals surface area contributed by atoms with Crippen LogP contribution in [0.2, 0.25) is 0 Å². The van der Waals surface area contributed by atoms with Gasteiger partial charge in [0.2, 0.25) is 0 Å². The lowest BCUT2D eigenvalue weighted by molar-refractivity contribution is 0.147. The van der Waals surface area contributed by atoms with Gasteiger partial charge in [-0.2, -0.15) is 5.11 Å². The second-order valence-corrected chi connectivity index (χ2v) is 10.8. The zero-order chi connectivity index (χ0) is 27.7. The van der Waals surface area contributed by atoms with Crippen molar-refractivity contribution in [2.75, 3.05) is 0 Å². The highest BCUT2D eigenvalue weighted by atomic mass is 16.3. The number of nitrogens with one attached hydrogen (secondary N) is 3. The van der Waals surface area contributed by atoms with Crippen LogP contribution in [0.1, 0.15) is 71.3 Å². The highest BCUT2D eigenvalue weighted by Crippen LogP contribution is 2.44. The second kappa shape index (κ2) is 13.5. The Labute approximate surface area is 227 Å². The third-order valence-corrected chi connectivity index (χ3v) is 7.54. The van der Waals surface area contributed by atoms with E-state index < -0.39 is 6.23 Å². The van der Waals surface area contributed by atoms with Gasteiger partial charge in [-0.05, 0) is 67.4 Å².